The minimum absolute atomic E-state index is 0.0318. The number of carboxylic acid groups (broad SMARTS) is 1. The fourth-order valence-electron chi connectivity index (χ4n) is 6.22. The van der Waals surface area contributed by atoms with E-state index in [1.807, 2.05) is 42.5 Å². The third-order valence-electron chi connectivity index (χ3n) is 10.2. The molecule has 1 amide bonds. The van der Waals surface area contributed by atoms with Crippen LogP contribution in [0.15, 0.2) is 54.6 Å². The summed E-state index contributed by atoms with van der Waals surface area (Å²) in [5.74, 6) is -1.17. The van der Waals surface area contributed by atoms with Crippen molar-refractivity contribution < 1.29 is 105 Å². The van der Waals surface area contributed by atoms with Crippen molar-refractivity contribution in [2.45, 2.75) is 45.3 Å². The summed E-state index contributed by atoms with van der Waals surface area (Å²) in [7, 11) is 0. The molecule has 23 heteroatoms. The Morgan fingerprint density at radius 3 is 1.05 bits per heavy atom. The second-order valence-corrected chi connectivity index (χ2v) is 16.6. The number of aliphatic carboxylic acids is 1. The zero-order chi connectivity index (χ0) is 55.7. The summed E-state index contributed by atoms with van der Waals surface area (Å²) in [6.45, 7) is 16.5. The molecule has 1 atom stereocenters. The largest absolute Gasteiger partial charge is 0.491 e. The highest BCUT2D eigenvalue weighted by molar-refractivity contribution is 5.84. The van der Waals surface area contributed by atoms with Gasteiger partial charge in [0.1, 0.15) is 25.0 Å². The Labute approximate surface area is 461 Å². The number of rotatable bonds is 60. The molecule has 2 aromatic rings. The third-order valence-corrected chi connectivity index (χ3v) is 10.2. The standard InChI is InChI=1S/C55H91NO22/c1-2-14-61-17-20-64-23-26-67-29-31-69-33-35-71-37-39-73-41-42-74-40-38-72-36-34-70-32-30-68-27-24-65-21-18-62-15-12-53(57)56-52(55(60)78-48-50-6-4-3-5-7-50)47-49-8-10-51(11-9-49)77-46-45-76-44-43-75-28-25-66-22-19-63-16-13-54(58)59/h3-11,52H,2,12-48H2,1H3,(H,56,57)(H,58,59)/t52-/m0/s1. The second kappa shape index (κ2) is 54.9. The molecule has 0 bridgehead atoms. The van der Waals surface area contributed by atoms with E-state index in [2.05, 4.69) is 12.2 Å². The first-order chi connectivity index (χ1) is 38.5. The van der Waals surface area contributed by atoms with Crippen LogP contribution in [0.3, 0.4) is 0 Å². The van der Waals surface area contributed by atoms with Gasteiger partial charge in [-0.15, -0.1) is 0 Å². The second-order valence-electron chi connectivity index (χ2n) is 16.6. The van der Waals surface area contributed by atoms with Crippen LogP contribution in [0, 0.1) is 0 Å². The van der Waals surface area contributed by atoms with Gasteiger partial charge in [-0.25, -0.2) is 4.79 Å². The lowest BCUT2D eigenvalue weighted by molar-refractivity contribution is -0.149. The Bertz CT molecular complexity index is 1630. The smallest absolute Gasteiger partial charge is 0.329 e. The SMILES string of the molecule is CCCOCCOCCOCCOCCOCCOCCOCCOCCOCCOCCOCCOCCC(=O)N[C@@H](Cc1ccc(OCCOCCOCCOCCOCCC(=O)O)cc1)C(=O)OCc1ccccc1. The molecular formula is C55H91NO22. The molecule has 23 nitrogen and oxygen atoms in total. The molecule has 0 aromatic heterocycles. The summed E-state index contributed by atoms with van der Waals surface area (Å²) >= 11 is 0. The van der Waals surface area contributed by atoms with E-state index in [9.17, 15) is 14.4 Å². The molecule has 448 valence electrons. The molecule has 0 aliphatic heterocycles. The maximum Gasteiger partial charge on any atom is 0.329 e. The average molecular weight is 1120 g/mol. The maximum absolute atomic E-state index is 13.2. The number of amides is 1. The minimum Gasteiger partial charge on any atom is -0.491 e. The van der Waals surface area contributed by atoms with Crippen LogP contribution >= 0.6 is 0 Å². The first kappa shape index (κ1) is 70.1. The molecule has 2 rings (SSSR count). The minimum atomic E-state index is -0.921. The van der Waals surface area contributed by atoms with Crippen molar-refractivity contribution in [3.8, 4) is 5.75 Å². The Morgan fingerprint density at radius 2 is 0.705 bits per heavy atom. The van der Waals surface area contributed by atoms with Crippen LogP contribution < -0.4 is 10.1 Å². The molecule has 0 aliphatic carbocycles. The van der Waals surface area contributed by atoms with Gasteiger partial charge in [0.05, 0.1) is 211 Å². The van der Waals surface area contributed by atoms with E-state index in [0.717, 1.165) is 24.2 Å². The van der Waals surface area contributed by atoms with Gasteiger partial charge in [0.2, 0.25) is 5.91 Å². The van der Waals surface area contributed by atoms with Gasteiger partial charge >= 0.3 is 11.9 Å². The van der Waals surface area contributed by atoms with Gasteiger partial charge in [0.25, 0.3) is 0 Å². The van der Waals surface area contributed by atoms with E-state index in [4.69, 9.17) is 90.4 Å². The molecule has 0 aliphatic rings. The Balaban J connectivity index is 1.39. The highest BCUT2D eigenvalue weighted by atomic mass is 16.6. The predicted molar refractivity (Wildman–Crippen MR) is 284 cm³/mol. The molecule has 2 aromatic carbocycles. The molecule has 0 spiro atoms. The lowest BCUT2D eigenvalue weighted by Crippen LogP contribution is -2.43. The number of carboxylic acids is 1. The lowest BCUT2D eigenvalue weighted by Gasteiger charge is -2.18. The Hall–Kier alpha value is -3.99. The summed E-state index contributed by atoms with van der Waals surface area (Å²) in [5, 5.41) is 11.4. The summed E-state index contributed by atoms with van der Waals surface area (Å²) < 4.78 is 98.9. The van der Waals surface area contributed by atoms with Crippen molar-refractivity contribution in [2.24, 2.45) is 0 Å². The molecular weight excluding hydrogens is 1030 g/mol. The van der Waals surface area contributed by atoms with Gasteiger partial charge in [-0.1, -0.05) is 49.4 Å². The molecule has 0 fully saturated rings. The molecule has 78 heavy (non-hydrogen) atoms. The highest BCUT2D eigenvalue weighted by Gasteiger charge is 2.23. The van der Waals surface area contributed by atoms with Crippen molar-refractivity contribution in [3.05, 3.63) is 65.7 Å². The van der Waals surface area contributed by atoms with E-state index in [0.29, 0.717) is 204 Å². The van der Waals surface area contributed by atoms with Crippen LogP contribution in [0.1, 0.15) is 37.3 Å². The molecule has 0 radical (unpaired) electrons. The number of nitrogens with one attached hydrogen (secondary N) is 1. The van der Waals surface area contributed by atoms with Crippen LogP contribution in [0.2, 0.25) is 0 Å². The predicted octanol–water partition coefficient (Wildman–Crippen LogP) is 3.38. The normalized spacial score (nSPS) is 11.8. The van der Waals surface area contributed by atoms with Crippen LogP contribution in [0.4, 0.5) is 0 Å². The number of carbonyl (C=O) groups is 3. The van der Waals surface area contributed by atoms with Crippen molar-refractivity contribution >= 4 is 17.8 Å². The Kier molecular flexibility index (Phi) is 49.4. The first-order valence-corrected chi connectivity index (χ1v) is 27.1. The molecule has 0 heterocycles. The summed E-state index contributed by atoms with van der Waals surface area (Å²) in [4.78, 5) is 36.6. The number of esters is 1. The van der Waals surface area contributed by atoms with Crippen molar-refractivity contribution in [1.29, 1.82) is 0 Å². The van der Waals surface area contributed by atoms with Crippen LogP contribution in [-0.2, 0) is 108 Å². The van der Waals surface area contributed by atoms with Crippen molar-refractivity contribution in [2.75, 3.05) is 218 Å². The first-order valence-electron chi connectivity index (χ1n) is 27.1. The number of carbonyl (C=O) groups excluding carboxylic acids is 2. The average Bonchev–Trinajstić information content (AvgIpc) is 3.44. The number of benzene rings is 2. The van der Waals surface area contributed by atoms with Crippen LogP contribution in [0.25, 0.3) is 0 Å². The lowest BCUT2D eigenvalue weighted by atomic mass is 10.1. The van der Waals surface area contributed by atoms with Gasteiger partial charge < -0.3 is 95.7 Å². The van der Waals surface area contributed by atoms with Crippen molar-refractivity contribution in [1.82, 2.24) is 5.32 Å². The number of hydrogen-bond acceptors (Lipinski definition) is 21. The van der Waals surface area contributed by atoms with E-state index < -0.39 is 18.0 Å². The zero-order valence-corrected chi connectivity index (χ0v) is 46.2. The molecule has 0 unspecified atom stereocenters. The summed E-state index contributed by atoms with van der Waals surface area (Å²) in [6, 6.07) is 15.7. The van der Waals surface area contributed by atoms with Crippen molar-refractivity contribution in [3.63, 3.8) is 0 Å². The fraction of sp³-hybridized carbons (Fsp3) is 0.727. The van der Waals surface area contributed by atoms with Gasteiger partial charge in [-0.3, -0.25) is 9.59 Å². The maximum atomic E-state index is 13.2. The van der Waals surface area contributed by atoms with Gasteiger partial charge in [0, 0.05) is 19.4 Å². The van der Waals surface area contributed by atoms with E-state index in [1.54, 1.807) is 12.1 Å². The van der Waals surface area contributed by atoms with Gasteiger partial charge in [0.15, 0.2) is 0 Å². The summed E-state index contributed by atoms with van der Waals surface area (Å²) in [6.07, 6.45) is 1.24. The van der Waals surface area contributed by atoms with E-state index in [1.165, 1.54) is 0 Å². The monoisotopic (exact) mass is 1120 g/mol. The molecule has 0 saturated carbocycles. The van der Waals surface area contributed by atoms with E-state index in [-0.39, 0.29) is 45.0 Å². The van der Waals surface area contributed by atoms with Crippen LogP contribution in [-0.4, -0.2) is 247 Å². The third kappa shape index (κ3) is 46.9. The summed E-state index contributed by atoms with van der Waals surface area (Å²) in [5.41, 5.74) is 1.63. The number of ether oxygens (including phenoxy) is 18. The van der Waals surface area contributed by atoms with E-state index >= 15 is 0 Å². The Morgan fingerprint density at radius 1 is 0.385 bits per heavy atom. The fourth-order valence-corrected chi connectivity index (χ4v) is 6.22. The number of hydrogen-bond donors (Lipinski definition) is 2. The highest BCUT2D eigenvalue weighted by Crippen LogP contribution is 2.15. The topological polar surface area (TPSA) is 250 Å². The zero-order valence-electron chi connectivity index (χ0n) is 46.2. The van der Waals surface area contributed by atoms with Gasteiger partial charge in [-0.05, 0) is 29.7 Å². The quantitative estimate of drug-likeness (QED) is 0.0712. The van der Waals surface area contributed by atoms with Crippen LogP contribution in [0.5, 0.6) is 5.75 Å². The molecule has 0 saturated heterocycles. The van der Waals surface area contributed by atoms with Gasteiger partial charge in [-0.2, -0.15) is 0 Å². The molecule has 2 N–H and O–H groups in total.